The minimum Gasteiger partial charge on any atom is -0.467 e. The number of carbonyl (C=O) groups excluding carboxylic acids is 2. The lowest BCUT2D eigenvalue weighted by atomic mass is 10.2. The summed E-state index contributed by atoms with van der Waals surface area (Å²) in [6.45, 7) is -0.0415. The van der Waals surface area contributed by atoms with Crippen molar-refractivity contribution in [1.29, 1.82) is 0 Å². The third-order valence-electron chi connectivity index (χ3n) is 2.88. The molecule has 1 aromatic heterocycles. The quantitative estimate of drug-likeness (QED) is 0.918. The van der Waals surface area contributed by atoms with E-state index in [0.29, 0.717) is 11.8 Å². The number of furan rings is 1. The molecule has 0 aliphatic carbocycles. The Balaban J connectivity index is 1.91. The highest BCUT2D eigenvalue weighted by Gasteiger charge is 2.16. The van der Waals surface area contributed by atoms with E-state index >= 15 is 0 Å². The van der Waals surface area contributed by atoms with Crippen molar-refractivity contribution in [3.63, 3.8) is 0 Å². The van der Waals surface area contributed by atoms with Crippen LogP contribution in [0.4, 0.5) is 8.78 Å². The van der Waals surface area contributed by atoms with Crippen molar-refractivity contribution >= 4 is 11.8 Å². The third-order valence-corrected chi connectivity index (χ3v) is 2.88. The Hall–Kier alpha value is -2.70. The summed E-state index contributed by atoms with van der Waals surface area (Å²) >= 11 is 0. The number of rotatable bonds is 5. The first-order valence-corrected chi connectivity index (χ1v) is 6.46. The maximum Gasteiger partial charge on any atom is 0.254 e. The monoisotopic (exact) mass is 308 g/mol. The van der Waals surface area contributed by atoms with Gasteiger partial charge in [0, 0.05) is 18.7 Å². The summed E-state index contributed by atoms with van der Waals surface area (Å²) in [7, 11) is 1.37. The van der Waals surface area contributed by atoms with Crippen LogP contribution < -0.4 is 5.32 Å². The number of likely N-dealkylation sites (N-methyl/N-ethyl adjacent to an activating group) is 1. The topological polar surface area (TPSA) is 62.6 Å². The lowest BCUT2D eigenvalue weighted by molar-refractivity contribution is -0.121. The molecule has 0 spiro atoms. The van der Waals surface area contributed by atoms with Crippen molar-refractivity contribution in [1.82, 2.24) is 10.2 Å². The van der Waals surface area contributed by atoms with Gasteiger partial charge in [-0.3, -0.25) is 9.59 Å². The molecule has 0 aliphatic heterocycles. The highest BCUT2D eigenvalue weighted by molar-refractivity contribution is 5.96. The first-order valence-electron chi connectivity index (χ1n) is 6.46. The Kier molecular flexibility index (Phi) is 4.88. The molecule has 0 saturated carbocycles. The summed E-state index contributed by atoms with van der Waals surface area (Å²) in [4.78, 5) is 24.8. The van der Waals surface area contributed by atoms with Crippen LogP contribution in [-0.2, 0) is 11.3 Å². The maximum absolute atomic E-state index is 13.1. The highest BCUT2D eigenvalue weighted by Crippen LogP contribution is 2.10. The molecule has 7 heteroatoms. The Labute approximate surface area is 125 Å². The largest absolute Gasteiger partial charge is 0.467 e. The second-order valence-corrected chi connectivity index (χ2v) is 4.68. The van der Waals surface area contributed by atoms with E-state index < -0.39 is 23.4 Å². The first kappa shape index (κ1) is 15.7. The van der Waals surface area contributed by atoms with Crippen molar-refractivity contribution in [2.24, 2.45) is 0 Å². The number of carbonyl (C=O) groups is 2. The van der Waals surface area contributed by atoms with Crippen molar-refractivity contribution in [2.75, 3.05) is 13.6 Å². The predicted octanol–water partition coefficient (Wildman–Crippen LogP) is 1.95. The molecular formula is C15H14F2N2O3. The molecule has 2 aromatic rings. The van der Waals surface area contributed by atoms with Crippen LogP contribution in [0.15, 0.2) is 41.0 Å². The normalized spacial score (nSPS) is 10.3. The Bertz CT molecular complexity index is 651. The fourth-order valence-corrected chi connectivity index (χ4v) is 1.84. The molecule has 116 valence electrons. The number of benzene rings is 1. The van der Waals surface area contributed by atoms with E-state index in [2.05, 4.69) is 5.32 Å². The number of hydrogen-bond donors (Lipinski definition) is 1. The third kappa shape index (κ3) is 4.15. The zero-order valence-electron chi connectivity index (χ0n) is 11.8. The van der Waals surface area contributed by atoms with Gasteiger partial charge in [-0.25, -0.2) is 8.78 Å². The van der Waals surface area contributed by atoms with E-state index in [0.717, 1.165) is 17.0 Å². The highest BCUT2D eigenvalue weighted by atomic mass is 19.1. The number of nitrogens with one attached hydrogen (secondary N) is 1. The molecule has 1 aromatic carbocycles. The molecule has 0 fully saturated rings. The average molecular weight is 308 g/mol. The van der Waals surface area contributed by atoms with Crippen LogP contribution in [0.25, 0.3) is 0 Å². The summed E-state index contributed by atoms with van der Waals surface area (Å²) in [5.41, 5.74) is -0.154. The van der Waals surface area contributed by atoms with Crippen LogP contribution in [-0.4, -0.2) is 30.3 Å². The average Bonchev–Trinajstić information content (AvgIpc) is 2.96. The minimum absolute atomic E-state index is 0.154. The zero-order valence-corrected chi connectivity index (χ0v) is 11.8. The molecule has 0 bridgehead atoms. The van der Waals surface area contributed by atoms with Crippen LogP contribution in [0, 0.1) is 11.6 Å². The number of hydrogen-bond acceptors (Lipinski definition) is 3. The number of halogens is 2. The lowest BCUT2D eigenvalue weighted by Gasteiger charge is -2.16. The van der Waals surface area contributed by atoms with Crippen LogP contribution in [0.5, 0.6) is 0 Å². The van der Waals surface area contributed by atoms with Crippen molar-refractivity contribution in [3.05, 3.63) is 59.6 Å². The molecule has 0 radical (unpaired) electrons. The maximum atomic E-state index is 13.1. The van der Waals surface area contributed by atoms with Gasteiger partial charge in [0.2, 0.25) is 5.91 Å². The smallest absolute Gasteiger partial charge is 0.254 e. The molecule has 2 rings (SSSR count). The van der Waals surface area contributed by atoms with Crippen LogP contribution in [0.1, 0.15) is 16.1 Å². The van der Waals surface area contributed by atoms with Gasteiger partial charge in [-0.2, -0.15) is 0 Å². The Morgan fingerprint density at radius 1 is 1.23 bits per heavy atom. The lowest BCUT2D eigenvalue weighted by Crippen LogP contribution is -2.38. The second-order valence-electron chi connectivity index (χ2n) is 4.68. The number of amides is 2. The molecule has 1 heterocycles. The second kappa shape index (κ2) is 6.84. The summed E-state index contributed by atoms with van der Waals surface area (Å²) in [5.74, 6) is -2.18. The minimum atomic E-state index is -0.848. The standard InChI is InChI=1S/C15H14F2N2O3/c1-19(9-14(20)18-8-13-3-2-4-22-13)15(21)10-5-11(16)7-12(17)6-10/h2-7H,8-9H2,1H3,(H,18,20). The number of nitrogens with zero attached hydrogens (tertiary/aromatic N) is 1. The predicted molar refractivity (Wildman–Crippen MR) is 73.9 cm³/mol. The van der Waals surface area contributed by atoms with E-state index in [1.54, 1.807) is 12.1 Å². The van der Waals surface area contributed by atoms with Crippen LogP contribution in [0.3, 0.4) is 0 Å². The van der Waals surface area contributed by atoms with E-state index in [1.165, 1.54) is 13.3 Å². The zero-order chi connectivity index (χ0) is 16.1. The van der Waals surface area contributed by atoms with E-state index in [-0.39, 0.29) is 18.7 Å². The summed E-state index contributed by atoms with van der Waals surface area (Å²) < 4.78 is 31.2. The summed E-state index contributed by atoms with van der Waals surface area (Å²) in [6, 6.07) is 5.90. The molecule has 0 atom stereocenters. The molecule has 0 saturated heterocycles. The van der Waals surface area contributed by atoms with E-state index in [1.807, 2.05) is 0 Å². The van der Waals surface area contributed by atoms with Gasteiger partial charge in [-0.15, -0.1) is 0 Å². The fraction of sp³-hybridized carbons (Fsp3) is 0.200. The van der Waals surface area contributed by atoms with Gasteiger partial charge in [0.1, 0.15) is 17.4 Å². The molecule has 0 unspecified atom stereocenters. The summed E-state index contributed by atoms with van der Waals surface area (Å²) in [5, 5.41) is 2.57. The van der Waals surface area contributed by atoms with Crippen molar-refractivity contribution in [2.45, 2.75) is 6.54 Å². The molecule has 22 heavy (non-hydrogen) atoms. The van der Waals surface area contributed by atoms with Crippen LogP contribution in [0.2, 0.25) is 0 Å². The Morgan fingerprint density at radius 2 is 1.91 bits per heavy atom. The van der Waals surface area contributed by atoms with Crippen molar-refractivity contribution < 1.29 is 22.8 Å². The van der Waals surface area contributed by atoms with Gasteiger partial charge in [0.05, 0.1) is 19.4 Å². The molecule has 2 amide bonds. The van der Waals surface area contributed by atoms with Gasteiger partial charge in [0.15, 0.2) is 0 Å². The van der Waals surface area contributed by atoms with Gasteiger partial charge < -0.3 is 14.6 Å². The Morgan fingerprint density at radius 3 is 2.50 bits per heavy atom. The summed E-state index contributed by atoms with van der Waals surface area (Å²) in [6.07, 6.45) is 1.48. The van der Waals surface area contributed by atoms with Crippen LogP contribution >= 0.6 is 0 Å². The molecule has 1 N–H and O–H groups in total. The van der Waals surface area contributed by atoms with E-state index in [4.69, 9.17) is 4.42 Å². The molecule has 5 nitrogen and oxygen atoms in total. The molecular weight excluding hydrogens is 294 g/mol. The van der Waals surface area contributed by atoms with E-state index in [9.17, 15) is 18.4 Å². The van der Waals surface area contributed by atoms with Gasteiger partial charge >= 0.3 is 0 Å². The SMILES string of the molecule is CN(CC(=O)NCc1ccco1)C(=O)c1cc(F)cc(F)c1. The van der Waals surface area contributed by atoms with Gasteiger partial charge in [-0.05, 0) is 24.3 Å². The van der Waals surface area contributed by atoms with Gasteiger partial charge in [-0.1, -0.05) is 0 Å². The van der Waals surface area contributed by atoms with Gasteiger partial charge in [0.25, 0.3) is 5.91 Å². The first-order chi connectivity index (χ1) is 10.5. The fourth-order valence-electron chi connectivity index (χ4n) is 1.84. The van der Waals surface area contributed by atoms with Crippen molar-refractivity contribution in [3.8, 4) is 0 Å². The molecule has 0 aliphatic rings.